The molecule has 1 heterocycles. The van der Waals surface area contributed by atoms with E-state index < -0.39 is 9.05 Å². The summed E-state index contributed by atoms with van der Waals surface area (Å²) in [4.78, 5) is 7.58. The third kappa shape index (κ3) is 4.45. The molecular weight excluding hydrogens is 267 g/mol. The fraction of sp³-hybridized carbons (Fsp3) is 0.333. The van der Waals surface area contributed by atoms with E-state index in [2.05, 4.69) is 9.97 Å². The first-order valence-corrected chi connectivity index (χ1v) is 7.34. The fourth-order valence-corrected chi connectivity index (χ4v) is 3.12. The van der Waals surface area contributed by atoms with E-state index in [1.807, 2.05) is 0 Å². The van der Waals surface area contributed by atoms with E-state index in [1.54, 1.807) is 0 Å². The van der Waals surface area contributed by atoms with Crippen LogP contribution in [0.3, 0.4) is 0 Å². The van der Waals surface area contributed by atoms with E-state index in [0.717, 1.165) is 0 Å². The van der Waals surface area contributed by atoms with Crippen LogP contribution in [-0.4, -0.2) is 29.9 Å². The van der Waals surface area contributed by atoms with Gasteiger partial charge in [-0.15, -0.1) is 11.8 Å². The molecule has 0 fully saturated rings. The van der Waals surface area contributed by atoms with Crippen molar-refractivity contribution in [2.45, 2.75) is 5.03 Å². The van der Waals surface area contributed by atoms with Gasteiger partial charge in [-0.1, -0.05) is 11.6 Å². The highest BCUT2D eigenvalue weighted by atomic mass is 35.7. The lowest BCUT2D eigenvalue weighted by Gasteiger charge is -1.99. The second-order valence-corrected chi connectivity index (χ2v) is 6.65. The molecule has 0 aliphatic rings. The Hall–Kier alpha value is -0.0400. The number of nitrogens with zero attached hydrogens (tertiary/aromatic N) is 2. The van der Waals surface area contributed by atoms with Crippen LogP contribution in [0.2, 0.25) is 5.02 Å². The molecular formula is C6H6Cl2N2O2S2. The van der Waals surface area contributed by atoms with Gasteiger partial charge in [0.15, 0.2) is 0 Å². The minimum Gasteiger partial charge on any atom is -0.243 e. The second kappa shape index (κ2) is 5.16. The lowest BCUT2D eigenvalue weighted by atomic mass is 10.7. The molecule has 0 amide bonds. The van der Waals surface area contributed by atoms with Crippen molar-refractivity contribution in [3.8, 4) is 0 Å². The van der Waals surface area contributed by atoms with Crippen molar-refractivity contribution < 1.29 is 8.42 Å². The van der Waals surface area contributed by atoms with Gasteiger partial charge >= 0.3 is 0 Å². The molecule has 0 N–H and O–H groups in total. The minimum absolute atomic E-state index is 0.112. The van der Waals surface area contributed by atoms with Crippen molar-refractivity contribution in [3.63, 3.8) is 0 Å². The third-order valence-corrected chi connectivity index (χ3v) is 4.01. The molecule has 0 saturated carbocycles. The molecule has 14 heavy (non-hydrogen) atoms. The summed E-state index contributed by atoms with van der Waals surface area (Å²) in [5.41, 5.74) is 0. The highest BCUT2D eigenvalue weighted by Crippen LogP contribution is 2.23. The molecule has 78 valence electrons. The van der Waals surface area contributed by atoms with E-state index >= 15 is 0 Å². The summed E-state index contributed by atoms with van der Waals surface area (Å²) in [6.45, 7) is 0. The smallest absolute Gasteiger partial charge is 0.233 e. The Morgan fingerprint density at radius 2 is 2.21 bits per heavy atom. The Morgan fingerprint density at radius 1 is 1.50 bits per heavy atom. The molecule has 4 nitrogen and oxygen atoms in total. The Labute approximate surface area is 95.5 Å². The van der Waals surface area contributed by atoms with Gasteiger partial charge in [0.25, 0.3) is 0 Å². The van der Waals surface area contributed by atoms with Crippen molar-refractivity contribution in [1.29, 1.82) is 0 Å². The topological polar surface area (TPSA) is 59.9 Å². The van der Waals surface area contributed by atoms with Crippen LogP contribution < -0.4 is 0 Å². The maximum absolute atomic E-state index is 10.6. The summed E-state index contributed by atoms with van der Waals surface area (Å²) >= 11 is 6.97. The zero-order valence-corrected chi connectivity index (χ0v) is 10.00. The molecule has 0 saturated heterocycles. The fourth-order valence-electron chi connectivity index (χ4n) is 0.646. The minimum atomic E-state index is -3.44. The summed E-state index contributed by atoms with van der Waals surface area (Å²) in [6, 6.07) is 0. The first-order valence-electron chi connectivity index (χ1n) is 3.49. The predicted octanol–water partition coefficient (Wildman–Crippen LogP) is 1.79. The standard InChI is InChI=1S/C6H6Cl2N2O2S2/c7-5-3-9-4-10-6(5)13-1-2-14(8,11)12/h3-4H,1-2H2. The Kier molecular flexibility index (Phi) is 4.43. The summed E-state index contributed by atoms with van der Waals surface area (Å²) in [5.74, 6) is 0.210. The lowest BCUT2D eigenvalue weighted by molar-refractivity contribution is 0.611. The van der Waals surface area contributed by atoms with Crippen molar-refractivity contribution >= 4 is 43.1 Å². The molecule has 0 radical (unpaired) electrons. The van der Waals surface area contributed by atoms with Crippen LogP contribution in [0.5, 0.6) is 0 Å². The van der Waals surface area contributed by atoms with Gasteiger partial charge in [-0.05, 0) is 0 Å². The zero-order valence-electron chi connectivity index (χ0n) is 6.85. The van der Waals surface area contributed by atoms with Crippen LogP contribution in [0, 0.1) is 0 Å². The van der Waals surface area contributed by atoms with E-state index in [9.17, 15) is 8.42 Å². The summed E-state index contributed by atoms with van der Waals surface area (Å²) in [7, 11) is 1.59. The van der Waals surface area contributed by atoms with Gasteiger partial charge in [0.1, 0.15) is 11.4 Å². The Morgan fingerprint density at radius 3 is 2.79 bits per heavy atom. The maximum atomic E-state index is 10.6. The molecule has 1 aromatic heterocycles. The summed E-state index contributed by atoms with van der Waals surface area (Å²) < 4.78 is 21.2. The van der Waals surface area contributed by atoms with Gasteiger partial charge in [-0.3, -0.25) is 0 Å². The molecule has 0 atom stereocenters. The van der Waals surface area contributed by atoms with Gasteiger partial charge < -0.3 is 0 Å². The largest absolute Gasteiger partial charge is 0.243 e. The van der Waals surface area contributed by atoms with Gasteiger partial charge in [-0.25, -0.2) is 18.4 Å². The summed E-state index contributed by atoms with van der Waals surface area (Å²) in [5, 5.41) is 0.964. The van der Waals surface area contributed by atoms with Crippen LogP contribution >= 0.6 is 34.0 Å². The number of halogens is 2. The number of hydrogen-bond donors (Lipinski definition) is 0. The van der Waals surface area contributed by atoms with Gasteiger partial charge in [0, 0.05) is 16.4 Å². The number of rotatable bonds is 4. The zero-order chi connectivity index (χ0) is 10.6. The average Bonchev–Trinajstić information content (AvgIpc) is 2.06. The molecule has 0 aliphatic heterocycles. The molecule has 8 heteroatoms. The van der Waals surface area contributed by atoms with Crippen molar-refractivity contribution in [3.05, 3.63) is 17.5 Å². The molecule has 1 aromatic rings. The van der Waals surface area contributed by atoms with Crippen molar-refractivity contribution in [2.24, 2.45) is 0 Å². The maximum Gasteiger partial charge on any atom is 0.233 e. The highest BCUT2D eigenvalue weighted by Gasteiger charge is 2.07. The van der Waals surface area contributed by atoms with Crippen LogP contribution in [0.1, 0.15) is 0 Å². The molecule has 0 bridgehead atoms. The average molecular weight is 273 g/mol. The summed E-state index contributed by atoms with van der Waals surface area (Å²) in [6.07, 6.45) is 2.80. The van der Waals surface area contributed by atoms with Crippen molar-refractivity contribution in [1.82, 2.24) is 9.97 Å². The monoisotopic (exact) mass is 272 g/mol. The van der Waals surface area contributed by atoms with Gasteiger partial charge in [0.05, 0.1) is 17.0 Å². The third-order valence-electron chi connectivity index (χ3n) is 1.20. The first kappa shape index (κ1) is 12.0. The Balaban J connectivity index is 2.51. The number of hydrogen-bond acceptors (Lipinski definition) is 5. The van der Waals surface area contributed by atoms with E-state index in [1.165, 1.54) is 24.3 Å². The van der Waals surface area contributed by atoms with Gasteiger partial charge in [-0.2, -0.15) is 0 Å². The highest BCUT2D eigenvalue weighted by molar-refractivity contribution is 8.14. The normalized spacial score (nSPS) is 11.6. The molecule has 0 unspecified atom stereocenters. The Bertz CT molecular complexity index is 410. The number of thioether (sulfide) groups is 1. The molecule has 1 rings (SSSR count). The lowest BCUT2D eigenvalue weighted by Crippen LogP contribution is -2.00. The molecule has 0 aromatic carbocycles. The SMILES string of the molecule is O=S(=O)(Cl)CCSc1ncncc1Cl. The molecule has 0 spiro atoms. The van der Waals surface area contributed by atoms with Crippen LogP contribution in [-0.2, 0) is 9.05 Å². The quantitative estimate of drug-likeness (QED) is 0.475. The number of aromatic nitrogens is 2. The van der Waals surface area contributed by atoms with Gasteiger partial charge in [0.2, 0.25) is 9.05 Å². The van der Waals surface area contributed by atoms with Crippen LogP contribution in [0.25, 0.3) is 0 Å². The van der Waals surface area contributed by atoms with Crippen LogP contribution in [0.15, 0.2) is 17.6 Å². The predicted molar refractivity (Wildman–Crippen MR) is 57.4 cm³/mol. The van der Waals surface area contributed by atoms with E-state index in [-0.39, 0.29) is 5.75 Å². The van der Waals surface area contributed by atoms with Crippen LogP contribution in [0.4, 0.5) is 0 Å². The molecule has 0 aliphatic carbocycles. The second-order valence-electron chi connectivity index (χ2n) is 2.27. The van der Waals surface area contributed by atoms with E-state index in [0.29, 0.717) is 15.8 Å². The van der Waals surface area contributed by atoms with E-state index in [4.69, 9.17) is 22.3 Å². The first-order chi connectivity index (χ1) is 6.49. The van der Waals surface area contributed by atoms with Crippen molar-refractivity contribution in [2.75, 3.05) is 11.5 Å².